The number of aliphatic imine (C=N–C) groups is 1. The maximum atomic E-state index is 7.02. The third kappa shape index (κ3) is 1.39. The van der Waals surface area contributed by atoms with Crippen molar-refractivity contribution in [2.45, 2.75) is 0 Å². The second-order valence-corrected chi connectivity index (χ2v) is 1.15. The summed E-state index contributed by atoms with van der Waals surface area (Å²) in [4.78, 5) is 3.83. The van der Waals surface area contributed by atoms with Crippen LogP contribution in [0.25, 0.3) is 0 Å². The molecule has 1 atom stereocenters. The molecule has 0 aliphatic carbocycles. The van der Waals surface area contributed by atoms with Gasteiger partial charge in [0.05, 0.1) is 14.2 Å². The van der Waals surface area contributed by atoms with E-state index in [2.05, 4.69) is 4.99 Å². The molecule has 38 valence electrons. The second kappa shape index (κ2) is 2.39. The first-order chi connectivity index (χ1) is 3.89. The lowest BCUT2D eigenvalue weighted by Crippen LogP contribution is -1.87. The molecule has 0 saturated heterocycles. The van der Waals surface area contributed by atoms with E-state index in [0.717, 1.165) is 0 Å². The summed E-state index contributed by atoms with van der Waals surface area (Å²) in [6.07, 6.45) is 4.79. The van der Waals surface area contributed by atoms with Crippen LogP contribution in [-0.4, -0.2) is 19.3 Å². The van der Waals surface area contributed by atoms with Gasteiger partial charge in [0.25, 0.3) is 0 Å². The fourth-order valence-electron chi connectivity index (χ4n) is 0.344. The molecule has 0 aromatic carbocycles. The van der Waals surface area contributed by atoms with Gasteiger partial charge in [-0.15, -0.1) is 0 Å². The molecule has 0 saturated carbocycles. The van der Waals surface area contributed by atoms with E-state index in [1.165, 1.54) is 6.26 Å². The lowest BCUT2D eigenvalue weighted by atomic mass is 10.7. The zero-order valence-electron chi connectivity index (χ0n) is 4.87. The molecule has 0 N–H and O–H groups in total. The Labute approximate surface area is 43.9 Å². The van der Waals surface area contributed by atoms with Crippen molar-refractivity contribution in [2.24, 2.45) is 4.99 Å². The molecule has 0 fully saturated rings. The number of ether oxygens (including phenoxy) is 1. The maximum absolute atomic E-state index is 7.02. The van der Waals surface area contributed by atoms with Crippen LogP contribution >= 0.6 is 0 Å². The van der Waals surface area contributed by atoms with Gasteiger partial charge in [-0.3, -0.25) is 4.99 Å². The van der Waals surface area contributed by atoms with Gasteiger partial charge < -0.3 is 4.74 Å². The monoisotopic (exact) mass is 98.1 g/mol. The summed E-state index contributed by atoms with van der Waals surface area (Å²) in [6, 6.07) is 0. The summed E-state index contributed by atoms with van der Waals surface area (Å²) in [6.45, 7) is -0.0718. The van der Waals surface area contributed by atoms with Gasteiger partial charge in [0.1, 0.15) is 6.58 Å². The third-order valence-corrected chi connectivity index (χ3v) is 0.625. The van der Waals surface area contributed by atoms with Crippen LogP contribution in [0.15, 0.2) is 17.3 Å². The average molecular weight is 98.1 g/mol. The molecule has 1 aliphatic rings. The Kier molecular flexibility index (Phi) is 1.11. The molecule has 7 heavy (non-hydrogen) atoms. The molecule has 2 heteroatoms. The molecule has 0 bridgehead atoms. The van der Waals surface area contributed by atoms with Gasteiger partial charge in [0, 0.05) is 6.21 Å². The number of hydrogen-bond donors (Lipinski definition) is 0. The lowest BCUT2D eigenvalue weighted by molar-refractivity contribution is 0.262. The second-order valence-electron chi connectivity index (χ2n) is 1.15. The fourth-order valence-corrected chi connectivity index (χ4v) is 0.344. The van der Waals surface area contributed by atoms with Crippen molar-refractivity contribution in [2.75, 3.05) is 13.1 Å². The average Bonchev–Trinajstić information content (AvgIpc) is 1.94. The van der Waals surface area contributed by atoms with Crippen LogP contribution in [0.4, 0.5) is 0 Å². The number of nitrogens with zero attached hydrogens (tertiary/aromatic N) is 1. The Balaban J connectivity index is 2.45. The first kappa shape index (κ1) is 3.24. The maximum Gasteiger partial charge on any atom is 0.107 e. The van der Waals surface area contributed by atoms with Crippen molar-refractivity contribution in [3.8, 4) is 0 Å². The van der Waals surface area contributed by atoms with Crippen molar-refractivity contribution in [3.05, 3.63) is 12.3 Å². The summed E-state index contributed by atoms with van der Waals surface area (Å²) >= 11 is 0. The molecule has 1 unspecified atom stereocenters. The highest BCUT2D eigenvalue weighted by molar-refractivity contribution is 5.70. The summed E-state index contributed by atoms with van der Waals surface area (Å²) in [5.74, 6) is 0. The minimum atomic E-state index is -0.509. The van der Waals surface area contributed by atoms with Crippen molar-refractivity contribution in [1.82, 2.24) is 0 Å². The van der Waals surface area contributed by atoms with Crippen molar-refractivity contribution >= 4 is 6.21 Å². The van der Waals surface area contributed by atoms with E-state index in [4.69, 9.17) is 6.11 Å². The first-order valence-electron chi connectivity index (χ1n) is 2.70. The Morgan fingerprint density at radius 3 is 3.86 bits per heavy atom. The molecule has 1 aliphatic heterocycles. The molecular weight excluding hydrogens is 90.1 g/mol. The lowest BCUT2D eigenvalue weighted by Gasteiger charge is -1.89. The summed E-state index contributed by atoms with van der Waals surface area (Å²) < 4.78 is 11.8. The molecule has 1 heterocycles. The Morgan fingerprint density at radius 1 is 1.86 bits per heavy atom. The van der Waals surface area contributed by atoms with E-state index < -0.39 is 6.58 Å². The van der Waals surface area contributed by atoms with Crippen molar-refractivity contribution in [3.63, 3.8) is 0 Å². The van der Waals surface area contributed by atoms with Crippen LogP contribution in [0.5, 0.6) is 0 Å². The van der Waals surface area contributed by atoms with Crippen LogP contribution < -0.4 is 0 Å². The quantitative estimate of drug-likeness (QED) is 0.434. The van der Waals surface area contributed by atoms with Gasteiger partial charge in [-0.1, -0.05) is 0 Å². The van der Waals surface area contributed by atoms with Crippen LogP contribution in [0.2, 0.25) is 0 Å². The predicted octanol–water partition coefficient (Wildman–Crippen LogP) is 0.601. The fraction of sp³-hybridized carbons (Fsp3) is 0.400. The minimum absolute atomic E-state index is 0.438. The molecule has 0 aromatic heterocycles. The van der Waals surface area contributed by atoms with Gasteiger partial charge in [0.15, 0.2) is 0 Å². The van der Waals surface area contributed by atoms with Crippen molar-refractivity contribution < 1.29 is 6.11 Å². The minimum Gasteiger partial charge on any atom is -0.499 e. The summed E-state index contributed by atoms with van der Waals surface area (Å²) in [7, 11) is 0. The van der Waals surface area contributed by atoms with Crippen LogP contribution in [0.3, 0.4) is 0 Å². The topological polar surface area (TPSA) is 21.6 Å². The molecule has 0 aromatic rings. The van der Waals surface area contributed by atoms with E-state index in [9.17, 15) is 0 Å². The molecule has 0 amide bonds. The van der Waals surface area contributed by atoms with Crippen LogP contribution in [0, 0.1) is 0 Å². The first-order valence-corrected chi connectivity index (χ1v) is 2.12. The smallest absolute Gasteiger partial charge is 0.107 e. The van der Waals surface area contributed by atoms with Gasteiger partial charge in [-0.25, -0.2) is 0 Å². The third-order valence-electron chi connectivity index (χ3n) is 0.625. The summed E-state index contributed by atoms with van der Waals surface area (Å²) in [5, 5.41) is 0. The van der Waals surface area contributed by atoms with Crippen molar-refractivity contribution in [1.29, 1.82) is 0 Å². The van der Waals surface area contributed by atoms with Crippen LogP contribution in [-0.2, 0) is 4.74 Å². The Hall–Kier alpha value is -0.790. The highest BCUT2D eigenvalue weighted by Crippen LogP contribution is 1.81. The highest BCUT2D eigenvalue weighted by Gasteiger charge is 1.80. The van der Waals surface area contributed by atoms with Gasteiger partial charge in [-0.2, -0.15) is 0 Å². The predicted molar refractivity (Wildman–Crippen MR) is 28.5 cm³/mol. The van der Waals surface area contributed by atoms with E-state index >= 15 is 0 Å². The molecule has 1 rings (SSSR count). The molecular formula is C5H7NO. The van der Waals surface area contributed by atoms with E-state index in [-0.39, 0.29) is 0 Å². The van der Waals surface area contributed by atoms with E-state index in [0.29, 0.717) is 6.54 Å². The molecule has 0 radical (unpaired) electrons. The Bertz CT molecular complexity index is 108. The normalized spacial score (nSPS) is 30.9. The van der Waals surface area contributed by atoms with Gasteiger partial charge >= 0.3 is 0 Å². The number of allylic oxidation sites excluding steroid dienone is 1. The van der Waals surface area contributed by atoms with Crippen LogP contribution in [0.1, 0.15) is 1.37 Å². The largest absolute Gasteiger partial charge is 0.499 e. The molecule has 2 nitrogen and oxygen atoms in total. The SMILES string of the molecule is [2H]C1CN=CC=CO1. The molecule has 0 spiro atoms. The highest BCUT2D eigenvalue weighted by atomic mass is 16.5. The van der Waals surface area contributed by atoms with E-state index in [1.54, 1.807) is 12.3 Å². The van der Waals surface area contributed by atoms with Gasteiger partial charge in [-0.05, 0) is 6.08 Å². The standard InChI is InChI=1S/C5H7NO/c1-2-6-3-5-7-4-1/h1-2,4H,3,5H2/i5D. The number of rotatable bonds is 0. The van der Waals surface area contributed by atoms with Gasteiger partial charge in [0.2, 0.25) is 0 Å². The Morgan fingerprint density at radius 2 is 2.86 bits per heavy atom. The number of hydrogen-bond acceptors (Lipinski definition) is 2. The summed E-state index contributed by atoms with van der Waals surface area (Å²) in [5.41, 5.74) is 0. The van der Waals surface area contributed by atoms with E-state index in [1.807, 2.05) is 0 Å². The zero-order chi connectivity index (χ0) is 5.82. The zero-order valence-corrected chi connectivity index (χ0v) is 3.87.